The van der Waals surface area contributed by atoms with Crippen molar-refractivity contribution in [1.82, 2.24) is 39.7 Å². The van der Waals surface area contributed by atoms with Crippen LogP contribution in [0, 0.1) is 0 Å². The van der Waals surface area contributed by atoms with Gasteiger partial charge in [0.25, 0.3) is 0 Å². The molecule has 0 saturated carbocycles. The van der Waals surface area contributed by atoms with Gasteiger partial charge in [-0.15, -0.1) is 0 Å². The highest BCUT2D eigenvalue weighted by Gasteiger charge is 2.23. The van der Waals surface area contributed by atoms with Gasteiger partial charge in [-0.25, -0.2) is 14.5 Å². The third kappa shape index (κ3) is 4.12. The summed E-state index contributed by atoms with van der Waals surface area (Å²) >= 11 is 0. The van der Waals surface area contributed by atoms with E-state index in [2.05, 4.69) is 54.4 Å². The molecule has 5 aromatic rings. The quantitative estimate of drug-likeness (QED) is 0.449. The Balaban J connectivity index is 1.07. The largest absolute Gasteiger partial charge is 0.299 e. The van der Waals surface area contributed by atoms with E-state index in [0.717, 1.165) is 60.9 Å². The van der Waals surface area contributed by atoms with Gasteiger partial charge in [0.15, 0.2) is 11.5 Å². The minimum absolute atomic E-state index is 0.414. The van der Waals surface area contributed by atoms with E-state index in [4.69, 9.17) is 4.98 Å². The zero-order valence-electron chi connectivity index (χ0n) is 18.2. The van der Waals surface area contributed by atoms with Gasteiger partial charge < -0.3 is 0 Å². The predicted molar refractivity (Wildman–Crippen MR) is 125 cm³/mol. The van der Waals surface area contributed by atoms with Crippen molar-refractivity contribution in [2.75, 3.05) is 13.1 Å². The molecule has 0 spiro atoms. The number of pyridine rings is 1. The van der Waals surface area contributed by atoms with Crippen LogP contribution in [0.4, 0.5) is 0 Å². The van der Waals surface area contributed by atoms with Crippen LogP contribution < -0.4 is 0 Å². The van der Waals surface area contributed by atoms with Crippen LogP contribution in [-0.4, -0.2) is 52.8 Å². The fourth-order valence-electron chi connectivity index (χ4n) is 4.44. The van der Waals surface area contributed by atoms with Crippen molar-refractivity contribution in [2.24, 2.45) is 0 Å². The fourth-order valence-corrected chi connectivity index (χ4v) is 4.44. The molecular weight excluding hydrogens is 412 g/mol. The van der Waals surface area contributed by atoms with Crippen LogP contribution in [0.1, 0.15) is 30.1 Å². The van der Waals surface area contributed by atoms with E-state index in [-0.39, 0.29) is 0 Å². The topological polar surface area (TPSA) is 87.9 Å². The maximum absolute atomic E-state index is 4.71. The number of hydrogen-bond acceptors (Lipinski definition) is 6. The number of H-pyrrole nitrogens is 1. The lowest BCUT2D eigenvalue weighted by molar-refractivity contribution is 0.202. The monoisotopic (exact) mass is 436 g/mol. The number of benzene rings is 1. The average molecular weight is 437 g/mol. The van der Waals surface area contributed by atoms with Gasteiger partial charge >= 0.3 is 0 Å². The molecule has 1 saturated heterocycles. The summed E-state index contributed by atoms with van der Waals surface area (Å²) < 4.78 is 1.81. The van der Waals surface area contributed by atoms with Crippen LogP contribution in [0.2, 0.25) is 0 Å². The number of nitrogens with one attached hydrogen (secondary N) is 1. The van der Waals surface area contributed by atoms with Crippen LogP contribution in [-0.2, 0) is 6.54 Å². The number of fused-ring (bicyclic) bond motifs is 1. The van der Waals surface area contributed by atoms with Gasteiger partial charge in [0.05, 0.1) is 5.69 Å². The first-order chi connectivity index (χ1) is 16.3. The number of hydrogen-bond donors (Lipinski definition) is 1. The highest BCUT2D eigenvalue weighted by Crippen LogP contribution is 2.28. The first-order valence-electron chi connectivity index (χ1n) is 11.3. The minimum Gasteiger partial charge on any atom is -0.299 e. The fraction of sp³-hybridized carbons (Fsp3) is 0.240. The third-order valence-corrected chi connectivity index (χ3v) is 6.26. The summed E-state index contributed by atoms with van der Waals surface area (Å²) in [5, 5.41) is 12.1. The van der Waals surface area contributed by atoms with Crippen molar-refractivity contribution in [3.63, 3.8) is 0 Å². The maximum atomic E-state index is 4.71. The normalized spacial score (nSPS) is 15.3. The molecule has 0 radical (unpaired) electrons. The van der Waals surface area contributed by atoms with E-state index >= 15 is 0 Å². The van der Waals surface area contributed by atoms with Crippen LogP contribution in [0.3, 0.4) is 0 Å². The molecule has 6 rings (SSSR count). The molecule has 1 fully saturated rings. The van der Waals surface area contributed by atoms with Gasteiger partial charge in [0, 0.05) is 42.7 Å². The van der Waals surface area contributed by atoms with Crippen LogP contribution >= 0.6 is 0 Å². The molecule has 1 aliphatic heterocycles. The molecule has 0 amide bonds. The van der Waals surface area contributed by atoms with Crippen molar-refractivity contribution in [1.29, 1.82) is 0 Å². The highest BCUT2D eigenvalue weighted by atomic mass is 15.2. The SMILES string of the molecule is c1ccc(-c2n[nH]c(C3CCN(Cc4ccc(-c5cc6ncccn6n5)cc4)CC3)n2)nc1. The molecular formula is C25H24N8. The summed E-state index contributed by atoms with van der Waals surface area (Å²) in [6.45, 7) is 3.05. The van der Waals surface area contributed by atoms with Crippen molar-refractivity contribution >= 4 is 5.65 Å². The number of piperidine rings is 1. The zero-order chi connectivity index (χ0) is 22.0. The van der Waals surface area contributed by atoms with E-state index in [0.29, 0.717) is 11.7 Å². The van der Waals surface area contributed by atoms with E-state index in [9.17, 15) is 0 Å². The molecule has 0 bridgehead atoms. The molecule has 0 aliphatic carbocycles. The van der Waals surface area contributed by atoms with E-state index in [1.54, 1.807) is 16.9 Å². The Morgan fingerprint density at radius 3 is 2.55 bits per heavy atom. The smallest absolute Gasteiger partial charge is 0.199 e. The number of aromatic nitrogens is 7. The molecule has 8 heteroatoms. The van der Waals surface area contributed by atoms with Gasteiger partial charge in [-0.1, -0.05) is 30.3 Å². The molecule has 1 aliphatic rings. The second-order valence-corrected chi connectivity index (χ2v) is 8.46. The molecule has 33 heavy (non-hydrogen) atoms. The van der Waals surface area contributed by atoms with Gasteiger partial charge in [-0.05, 0) is 49.7 Å². The summed E-state index contributed by atoms with van der Waals surface area (Å²) in [5.74, 6) is 2.06. The molecule has 0 atom stereocenters. The van der Waals surface area contributed by atoms with Crippen molar-refractivity contribution in [3.05, 3.63) is 84.6 Å². The predicted octanol–water partition coefficient (Wildman–Crippen LogP) is 3.96. The Bertz CT molecular complexity index is 1320. The Morgan fingerprint density at radius 1 is 0.909 bits per heavy atom. The molecule has 164 valence electrons. The van der Waals surface area contributed by atoms with E-state index in [1.807, 2.05) is 36.5 Å². The van der Waals surface area contributed by atoms with E-state index in [1.165, 1.54) is 5.56 Å². The number of rotatable bonds is 5. The molecule has 1 N–H and O–H groups in total. The number of likely N-dealkylation sites (tertiary alicyclic amines) is 1. The summed E-state index contributed by atoms with van der Waals surface area (Å²) in [6, 6.07) is 18.4. The van der Waals surface area contributed by atoms with Crippen molar-refractivity contribution < 1.29 is 0 Å². The molecule has 5 heterocycles. The molecule has 8 nitrogen and oxygen atoms in total. The average Bonchev–Trinajstić information content (AvgIpc) is 3.53. The summed E-state index contributed by atoms with van der Waals surface area (Å²) in [4.78, 5) is 15.9. The second-order valence-electron chi connectivity index (χ2n) is 8.46. The van der Waals surface area contributed by atoms with Crippen molar-refractivity contribution in [3.8, 4) is 22.8 Å². The summed E-state index contributed by atoms with van der Waals surface area (Å²) in [5.41, 5.74) is 5.03. The number of aromatic amines is 1. The Kier molecular flexibility index (Phi) is 5.12. The highest BCUT2D eigenvalue weighted by molar-refractivity contribution is 5.64. The maximum Gasteiger partial charge on any atom is 0.199 e. The zero-order valence-corrected chi connectivity index (χ0v) is 18.2. The Morgan fingerprint density at radius 2 is 1.76 bits per heavy atom. The van der Waals surface area contributed by atoms with Gasteiger partial charge in [-0.3, -0.25) is 15.0 Å². The third-order valence-electron chi connectivity index (χ3n) is 6.26. The van der Waals surface area contributed by atoms with Crippen LogP contribution in [0.5, 0.6) is 0 Å². The van der Waals surface area contributed by atoms with Crippen LogP contribution in [0.25, 0.3) is 28.4 Å². The first-order valence-corrected chi connectivity index (χ1v) is 11.3. The molecule has 0 unspecified atom stereocenters. The second kappa shape index (κ2) is 8.55. The Labute approximate surface area is 191 Å². The first kappa shape index (κ1) is 19.8. The summed E-state index contributed by atoms with van der Waals surface area (Å²) in [6.07, 6.45) is 7.62. The lowest BCUT2D eigenvalue weighted by atomic mass is 9.95. The van der Waals surface area contributed by atoms with Crippen molar-refractivity contribution in [2.45, 2.75) is 25.3 Å². The standard InChI is InChI=1S/C25H24N8/c1-2-11-26-21(4-1)25-28-24(29-30-25)20-9-14-32(15-10-20)17-18-5-7-19(8-6-18)22-16-23-27-12-3-13-33(23)31-22/h1-8,11-13,16,20H,9-10,14-15,17H2,(H,28,29,30). The number of nitrogens with zero attached hydrogens (tertiary/aromatic N) is 7. The lowest BCUT2D eigenvalue weighted by Gasteiger charge is -2.30. The lowest BCUT2D eigenvalue weighted by Crippen LogP contribution is -2.32. The molecule has 4 aromatic heterocycles. The minimum atomic E-state index is 0.414. The van der Waals surface area contributed by atoms with Gasteiger partial charge in [-0.2, -0.15) is 10.2 Å². The van der Waals surface area contributed by atoms with Gasteiger partial charge in [0.1, 0.15) is 11.5 Å². The van der Waals surface area contributed by atoms with Crippen LogP contribution in [0.15, 0.2) is 73.2 Å². The summed E-state index contributed by atoms with van der Waals surface area (Å²) in [7, 11) is 0. The molecule has 1 aromatic carbocycles. The van der Waals surface area contributed by atoms with E-state index < -0.39 is 0 Å². The Hall–Kier alpha value is -3.91. The van der Waals surface area contributed by atoms with Gasteiger partial charge in [0.2, 0.25) is 0 Å².